The van der Waals surface area contributed by atoms with Gasteiger partial charge in [0.25, 0.3) is 0 Å². The van der Waals surface area contributed by atoms with Crippen LogP contribution < -0.4 is 14.6 Å². The van der Waals surface area contributed by atoms with Crippen molar-refractivity contribution in [2.45, 2.75) is 45.7 Å². The standard InChI is InChI=1S/C31H32N3O3S/c1-19-27(21-12-7-6-8-13-21)34-29(32-31(2,3)4)28-26-23-14-10-9-11-20(23)15-16-24(26)37-18-22(17-25(35)36-5)33(28)30(34)38-19/h6-16,22,32H,17-18H2,1-5H3/q+1. The lowest BCUT2D eigenvalue weighted by Crippen LogP contribution is -2.43. The maximum atomic E-state index is 12.6. The topological polar surface area (TPSA) is 55.9 Å². The van der Waals surface area contributed by atoms with E-state index in [1.807, 2.05) is 6.07 Å². The van der Waals surface area contributed by atoms with Crippen LogP contribution in [0, 0.1) is 6.92 Å². The van der Waals surface area contributed by atoms with Gasteiger partial charge in [0.1, 0.15) is 18.4 Å². The summed E-state index contributed by atoms with van der Waals surface area (Å²) < 4.78 is 16.2. The van der Waals surface area contributed by atoms with Gasteiger partial charge in [0.05, 0.1) is 24.0 Å². The smallest absolute Gasteiger partial charge is 0.349 e. The van der Waals surface area contributed by atoms with Crippen molar-refractivity contribution in [3.8, 4) is 28.3 Å². The van der Waals surface area contributed by atoms with Crippen LogP contribution in [0.3, 0.4) is 0 Å². The molecule has 1 aliphatic rings. The third-order valence-corrected chi connectivity index (χ3v) is 8.04. The third-order valence-electron chi connectivity index (χ3n) is 6.98. The van der Waals surface area contributed by atoms with Crippen LogP contribution in [0.4, 0.5) is 5.82 Å². The zero-order valence-corrected chi connectivity index (χ0v) is 23.2. The van der Waals surface area contributed by atoms with E-state index in [1.54, 1.807) is 11.3 Å². The molecule has 6 rings (SSSR count). The zero-order valence-electron chi connectivity index (χ0n) is 22.4. The number of fused-ring (bicyclic) bond motifs is 7. The molecular formula is C31H32N3O3S+. The fourth-order valence-electron chi connectivity index (χ4n) is 5.44. The molecule has 1 atom stereocenters. The number of thiazole rings is 1. The quantitative estimate of drug-likeness (QED) is 0.207. The normalized spacial score (nSPS) is 15.0. The van der Waals surface area contributed by atoms with E-state index in [2.05, 4.69) is 103 Å². The second-order valence-electron chi connectivity index (χ2n) is 10.8. The number of aryl methyl sites for hydroxylation is 1. The van der Waals surface area contributed by atoms with Crippen molar-refractivity contribution < 1.29 is 18.8 Å². The molecule has 3 aromatic carbocycles. The first-order valence-electron chi connectivity index (χ1n) is 12.9. The van der Waals surface area contributed by atoms with Gasteiger partial charge in [0.15, 0.2) is 5.69 Å². The molecule has 0 spiro atoms. The maximum Gasteiger partial charge on any atom is 0.349 e. The van der Waals surface area contributed by atoms with E-state index < -0.39 is 0 Å². The van der Waals surface area contributed by atoms with Gasteiger partial charge in [0.2, 0.25) is 11.5 Å². The van der Waals surface area contributed by atoms with E-state index in [9.17, 15) is 4.79 Å². The Bertz CT molecular complexity index is 1680. The SMILES string of the molecule is COC(=O)CC1COc2ccc3ccccc3c2-c2c(NC(C)(C)C)n3c(-c4ccccc4)c(C)sc3[n+]21. The lowest BCUT2D eigenvalue weighted by atomic mass is 9.99. The van der Waals surface area contributed by atoms with Crippen LogP contribution in [0.2, 0.25) is 0 Å². The van der Waals surface area contributed by atoms with Crippen LogP contribution in [0.15, 0.2) is 66.7 Å². The number of carbonyl (C=O) groups is 1. The predicted octanol–water partition coefficient (Wildman–Crippen LogP) is 6.79. The lowest BCUT2D eigenvalue weighted by Gasteiger charge is -2.21. The molecule has 0 amide bonds. The number of methoxy groups -OCH3 is 1. The fraction of sp³-hybridized carbons (Fsp3) is 0.290. The number of esters is 1. The molecule has 0 radical (unpaired) electrons. The van der Waals surface area contributed by atoms with Crippen LogP contribution in [0.5, 0.6) is 5.75 Å². The summed E-state index contributed by atoms with van der Waals surface area (Å²) in [5, 5.41) is 6.11. The first kappa shape index (κ1) is 24.5. The minimum absolute atomic E-state index is 0.215. The minimum Gasteiger partial charge on any atom is -0.488 e. The van der Waals surface area contributed by atoms with E-state index in [0.29, 0.717) is 6.61 Å². The monoisotopic (exact) mass is 526 g/mol. The molecule has 0 saturated heterocycles. The summed E-state index contributed by atoms with van der Waals surface area (Å²) in [4.78, 5) is 14.9. The van der Waals surface area contributed by atoms with Crippen LogP contribution in [-0.2, 0) is 9.53 Å². The summed E-state index contributed by atoms with van der Waals surface area (Å²) in [6.07, 6.45) is 0.215. The van der Waals surface area contributed by atoms with Gasteiger partial charge in [-0.2, -0.15) is 4.40 Å². The highest BCUT2D eigenvalue weighted by atomic mass is 32.1. The third kappa shape index (κ3) is 4.02. The van der Waals surface area contributed by atoms with Crippen LogP contribution >= 0.6 is 11.3 Å². The van der Waals surface area contributed by atoms with Gasteiger partial charge in [0, 0.05) is 11.1 Å². The molecule has 0 bridgehead atoms. The molecule has 5 aromatic rings. The number of hydrogen-bond acceptors (Lipinski definition) is 5. The van der Waals surface area contributed by atoms with Gasteiger partial charge in [-0.05, 0) is 44.5 Å². The van der Waals surface area contributed by atoms with Crippen LogP contribution in [0.25, 0.3) is 38.2 Å². The second kappa shape index (κ2) is 9.17. The van der Waals surface area contributed by atoms with E-state index >= 15 is 0 Å². The van der Waals surface area contributed by atoms with E-state index in [4.69, 9.17) is 9.47 Å². The highest BCUT2D eigenvalue weighted by molar-refractivity contribution is 7.17. The molecule has 6 nitrogen and oxygen atoms in total. The van der Waals surface area contributed by atoms with Gasteiger partial charge in [-0.1, -0.05) is 72.0 Å². The molecule has 1 N–H and O–H groups in total. The second-order valence-corrected chi connectivity index (χ2v) is 12.0. The van der Waals surface area contributed by atoms with Gasteiger partial charge >= 0.3 is 10.9 Å². The molecule has 0 fully saturated rings. The Labute approximate surface area is 226 Å². The number of aromatic nitrogens is 2. The first-order chi connectivity index (χ1) is 18.3. The Morgan fingerprint density at radius 2 is 1.84 bits per heavy atom. The van der Waals surface area contributed by atoms with E-state index in [1.165, 1.54) is 12.0 Å². The molecule has 0 aliphatic carbocycles. The maximum absolute atomic E-state index is 12.6. The number of nitrogens with one attached hydrogen (secondary N) is 1. The Balaban J connectivity index is 1.79. The van der Waals surface area contributed by atoms with Gasteiger partial charge < -0.3 is 14.8 Å². The van der Waals surface area contributed by atoms with Crippen molar-refractivity contribution in [1.29, 1.82) is 0 Å². The number of imidazole rings is 1. The van der Waals surface area contributed by atoms with Crippen molar-refractivity contribution in [3.05, 3.63) is 71.6 Å². The highest BCUT2D eigenvalue weighted by Gasteiger charge is 2.42. The fourth-order valence-corrected chi connectivity index (χ4v) is 6.64. The summed E-state index contributed by atoms with van der Waals surface area (Å²) in [6.45, 7) is 9.06. The lowest BCUT2D eigenvalue weighted by molar-refractivity contribution is -0.684. The molecule has 1 unspecified atom stereocenters. The average molecular weight is 527 g/mol. The molecular weight excluding hydrogens is 494 g/mol. The number of hydrogen-bond donors (Lipinski definition) is 1. The molecule has 1 aliphatic heterocycles. The van der Waals surface area contributed by atoms with Crippen LogP contribution in [-0.4, -0.2) is 29.6 Å². The Kier molecular flexibility index (Phi) is 5.91. The predicted molar refractivity (Wildman–Crippen MR) is 153 cm³/mol. The largest absolute Gasteiger partial charge is 0.488 e. The number of anilines is 1. The average Bonchev–Trinajstić information content (AvgIpc) is 3.31. The van der Waals surface area contributed by atoms with Crippen molar-refractivity contribution in [2.75, 3.05) is 19.0 Å². The number of rotatable bonds is 4. The molecule has 3 heterocycles. The molecule has 7 heteroatoms. The number of benzene rings is 3. The summed E-state index contributed by atoms with van der Waals surface area (Å²) in [6, 6.07) is 22.8. The minimum atomic E-state index is -0.255. The van der Waals surface area contributed by atoms with Crippen LogP contribution in [0.1, 0.15) is 38.1 Å². The number of ether oxygens (including phenoxy) is 2. The number of nitrogens with zero attached hydrogens (tertiary/aromatic N) is 2. The van der Waals surface area contributed by atoms with Crippen molar-refractivity contribution >= 4 is 38.9 Å². The molecule has 194 valence electrons. The summed E-state index contributed by atoms with van der Waals surface area (Å²) in [5.41, 5.74) is 4.15. The molecule has 38 heavy (non-hydrogen) atoms. The Morgan fingerprint density at radius 3 is 2.58 bits per heavy atom. The molecule has 0 saturated carbocycles. The Morgan fingerprint density at radius 1 is 1.11 bits per heavy atom. The van der Waals surface area contributed by atoms with E-state index in [-0.39, 0.29) is 24.0 Å². The summed E-state index contributed by atoms with van der Waals surface area (Å²) in [5.74, 6) is 1.56. The van der Waals surface area contributed by atoms with Gasteiger partial charge in [-0.15, -0.1) is 0 Å². The van der Waals surface area contributed by atoms with Crippen molar-refractivity contribution in [2.24, 2.45) is 0 Å². The number of carbonyl (C=O) groups excluding carboxylic acids is 1. The van der Waals surface area contributed by atoms with E-state index in [0.717, 1.165) is 49.8 Å². The van der Waals surface area contributed by atoms with Gasteiger partial charge in [-0.3, -0.25) is 4.79 Å². The van der Waals surface area contributed by atoms with Crippen molar-refractivity contribution in [1.82, 2.24) is 4.40 Å². The molecule has 2 aromatic heterocycles. The summed E-state index contributed by atoms with van der Waals surface area (Å²) in [7, 11) is 1.44. The highest BCUT2D eigenvalue weighted by Crippen LogP contribution is 2.46. The first-order valence-corrected chi connectivity index (χ1v) is 13.7. The van der Waals surface area contributed by atoms with Gasteiger partial charge in [-0.25, -0.2) is 4.57 Å². The summed E-state index contributed by atoms with van der Waals surface area (Å²) >= 11 is 1.74. The Hall–Kier alpha value is -3.84. The zero-order chi connectivity index (χ0) is 26.6. The van der Waals surface area contributed by atoms with Crippen molar-refractivity contribution in [3.63, 3.8) is 0 Å².